The molecule has 0 aliphatic carbocycles. The van der Waals surface area contributed by atoms with E-state index in [0.29, 0.717) is 12.2 Å². The van der Waals surface area contributed by atoms with Crippen molar-refractivity contribution in [3.8, 4) is 0 Å². The van der Waals surface area contributed by atoms with Gasteiger partial charge >= 0.3 is 0 Å². The number of aromatic nitrogens is 2. The van der Waals surface area contributed by atoms with Crippen LogP contribution in [0.5, 0.6) is 0 Å². The Balaban J connectivity index is 3.14. The first-order chi connectivity index (χ1) is 7.41. The fourth-order valence-electron chi connectivity index (χ4n) is 1.47. The molecule has 0 aliphatic rings. The number of aryl methyl sites for hydroxylation is 1. The minimum Gasteiger partial charge on any atom is -0.281 e. The van der Waals surface area contributed by atoms with E-state index in [0.717, 1.165) is 0 Å². The molecule has 0 unspecified atom stereocenters. The Hall–Kier alpha value is -0.590. The molecule has 16 heavy (non-hydrogen) atoms. The second kappa shape index (κ2) is 5.16. The Bertz CT molecular complexity index is 441. The van der Waals surface area contributed by atoms with Gasteiger partial charge in [0.15, 0.2) is 0 Å². The highest BCUT2D eigenvalue weighted by molar-refractivity contribution is 7.89. The third-order valence-corrected chi connectivity index (χ3v) is 4.61. The number of halogens is 1. The molecule has 0 aliphatic heterocycles. The molecule has 0 atom stereocenters. The average molecular weight is 266 g/mol. The number of nitrogens with one attached hydrogen (secondary N) is 1. The van der Waals surface area contributed by atoms with Crippen LogP contribution in [0.25, 0.3) is 0 Å². The molecule has 5 nitrogen and oxygen atoms in total. The zero-order valence-electron chi connectivity index (χ0n) is 9.57. The Morgan fingerprint density at radius 1 is 1.56 bits per heavy atom. The van der Waals surface area contributed by atoms with Crippen LogP contribution in [0.1, 0.15) is 19.5 Å². The van der Waals surface area contributed by atoms with Crippen molar-refractivity contribution in [1.82, 2.24) is 14.5 Å². The number of hydrogen-bond acceptors (Lipinski definition) is 3. The molecule has 0 aromatic carbocycles. The summed E-state index contributed by atoms with van der Waals surface area (Å²) in [5.41, 5.74) is 0.542. The number of sulfonamides is 1. The second-order valence-corrected chi connectivity index (χ2v) is 5.99. The number of rotatable bonds is 5. The summed E-state index contributed by atoms with van der Waals surface area (Å²) in [6.07, 6.45) is 1.33. The van der Waals surface area contributed by atoms with Gasteiger partial charge in [0, 0.05) is 18.5 Å². The van der Waals surface area contributed by atoms with Crippen molar-refractivity contribution >= 4 is 21.6 Å². The van der Waals surface area contributed by atoms with Crippen molar-refractivity contribution in [3.63, 3.8) is 0 Å². The minimum atomic E-state index is -3.49. The molecule has 0 bridgehead atoms. The van der Waals surface area contributed by atoms with E-state index in [1.54, 1.807) is 6.92 Å². The van der Waals surface area contributed by atoms with E-state index in [1.165, 1.54) is 10.5 Å². The van der Waals surface area contributed by atoms with Crippen LogP contribution in [0.3, 0.4) is 0 Å². The van der Waals surface area contributed by atoms with Crippen LogP contribution in [0.2, 0.25) is 0 Å². The lowest BCUT2D eigenvalue weighted by molar-refractivity contribution is 0.370. The molecule has 1 aromatic heterocycles. The fraction of sp³-hybridized carbons (Fsp3) is 0.667. The molecule has 0 fully saturated rings. The van der Waals surface area contributed by atoms with E-state index >= 15 is 0 Å². The molecule has 0 spiro atoms. The summed E-state index contributed by atoms with van der Waals surface area (Å²) in [4.78, 5) is 0.214. The Morgan fingerprint density at radius 3 is 2.56 bits per heavy atom. The third kappa shape index (κ3) is 2.56. The summed E-state index contributed by atoms with van der Waals surface area (Å²) in [7, 11) is -3.49. The first-order valence-corrected chi connectivity index (χ1v) is 6.96. The van der Waals surface area contributed by atoms with Gasteiger partial charge in [-0.05, 0) is 20.8 Å². The van der Waals surface area contributed by atoms with Crippen molar-refractivity contribution in [2.24, 2.45) is 0 Å². The van der Waals surface area contributed by atoms with Gasteiger partial charge in [0.05, 0.1) is 11.9 Å². The second-order valence-electron chi connectivity index (χ2n) is 3.76. The molecule has 1 rings (SSSR count). The normalized spacial score (nSPS) is 12.6. The highest BCUT2D eigenvalue weighted by atomic mass is 35.5. The molecule has 0 saturated heterocycles. The van der Waals surface area contributed by atoms with Crippen LogP contribution in [0.4, 0.5) is 0 Å². The lowest BCUT2D eigenvalue weighted by Gasteiger charge is -2.24. The summed E-state index contributed by atoms with van der Waals surface area (Å²) in [5, 5.41) is 6.35. The van der Waals surface area contributed by atoms with Gasteiger partial charge in [0.2, 0.25) is 10.0 Å². The largest absolute Gasteiger partial charge is 0.281 e. The van der Waals surface area contributed by atoms with Crippen LogP contribution in [0, 0.1) is 6.92 Å². The van der Waals surface area contributed by atoms with Crippen LogP contribution >= 0.6 is 11.6 Å². The molecule has 0 saturated carbocycles. The van der Waals surface area contributed by atoms with Gasteiger partial charge < -0.3 is 0 Å². The van der Waals surface area contributed by atoms with Gasteiger partial charge in [-0.3, -0.25) is 5.10 Å². The molecule has 7 heteroatoms. The van der Waals surface area contributed by atoms with E-state index in [1.807, 2.05) is 13.8 Å². The lowest BCUT2D eigenvalue weighted by atomic mass is 10.4. The van der Waals surface area contributed by atoms with Gasteiger partial charge in [0.25, 0.3) is 0 Å². The number of H-pyrrole nitrogens is 1. The van der Waals surface area contributed by atoms with Crippen molar-refractivity contribution in [2.75, 3.05) is 12.4 Å². The van der Waals surface area contributed by atoms with E-state index in [2.05, 4.69) is 10.2 Å². The number of aromatic amines is 1. The fourth-order valence-corrected chi connectivity index (χ4v) is 3.51. The molecular formula is C9H16ClN3O2S. The van der Waals surface area contributed by atoms with E-state index in [4.69, 9.17) is 11.6 Å². The first kappa shape index (κ1) is 13.5. The zero-order chi connectivity index (χ0) is 12.3. The van der Waals surface area contributed by atoms with Gasteiger partial charge in [-0.25, -0.2) is 8.42 Å². The summed E-state index contributed by atoms with van der Waals surface area (Å²) < 4.78 is 25.9. The van der Waals surface area contributed by atoms with Gasteiger partial charge in [0.1, 0.15) is 4.90 Å². The summed E-state index contributed by atoms with van der Waals surface area (Å²) in [5.74, 6) is 0.272. The molecule has 1 N–H and O–H groups in total. The molecule has 1 heterocycles. The maximum Gasteiger partial charge on any atom is 0.246 e. The molecule has 0 amide bonds. The number of hydrogen-bond donors (Lipinski definition) is 1. The summed E-state index contributed by atoms with van der Waals surface area (Å²) in [6, 6.07) is -0.127. The number of alkyl halides is 1. The first-order valence-electron chi connectivity index (χ1n) is 4.99. The van der Waals surface area contributed by atoms with Crippen molar-refractivity contribution < 1.29 is 8.42 Å². The maximum atomic E-state index is 12.3. The van der Waals surface area contributed by atoms with Gasteiger partial charge in [-0.15, -0.1) is 11.6 Å². The van der Waals surface area contributed by atoms with Gasteiger partial charge in [-0.2, -0.15) is 9.40 Å². The lowest BCUT2D eigenvalue weighted by Crippen LogP contribution is -2.38. The minimum absolute atomic E-state index is 0.127. The van der Waals surface area contributed by atoms with E-state index in [9.17, 15) is 8.42 Å². The summed E-state index contributed by atoms with van der Waals surface area (Å²) in [6.45, 7) is 5.62. The SMILES string of the molecule is Cc1[nH]ncc1S(=O)(=O)N(CCCl)C(C)C. The van der Waals surface area contributed by atoms with E-state index in [-0.39, 0.29) is 16.8 Å². The van der Waals surface area contributed by atoms with Crippen molar-refractivity contribution in [3.05, 3.63) is 11.9 Å². The standard InChI is InChI=1S/C9H16ClN3O2S/c1-7(2)13(5-4-10)16(14,15)9-6-11-12-8(9)3/h6-7H,4-5H2,1-3H3,(H,11,12). The van der Waals surface area contributed by atoms with E-state index < -0.39 is 10.0 Å². The van der Waals surface area contributed by atoms with Gasteiger partial charge in [-0.1, -0.05) is 0 Å². The van der Waals surface area contributed by atoms with Crippen LogP contribution in [0.15, 0.2) is 11.1 Å². The Morgan fingerprint density at radius 2 is 2.19 bits per heavy atom. The predicted octanol–water partition coefficient (Wildman–Crippen LogP) is 1.36. The zero-order valence-corrected chi connectivity index (χ0v) is 11.1. The van der Waals surface area contributed by atoms with Crippen molar-refractivity contribution in [1.29, 1.82) is 0 Å². The maximum absolute atomic E-state index is 12.3. The monoisotopic (exact) mass is 265 g/mol. The molecular weight excluding hydrogens is 250 g/mol. The Kier molecular flexibility index (Phi) is 4.35. The third-order valence-electron chi connectivity index (χ3n) is 2.25. The highest BCUT2D eigenvalue weighted by Crippen LogP contribution is 2.19. The molecule has 92 valence electrons. The van der Waals surface area contributed by atoms with Crippen molar-refractivity contribution in [2.45, 2.75) is 31.7 Å². The topological polar surface area (TPSA) is 66.1 Å². The van der Waals surface area contributed by atoms with Crippen LogP contribution < -0.4 is 0 Å². The van der Waals surface area contributed by atoms with Crippen LogP contribution in [-0.4, -0.2) is 41.4 Å². The van der Waals surface area contributed by atoms with Crippen LogP contribution in [-0.2, 0) is 10.0 Å². The Labute approximate surface area is 101 Å². The quantitative estimate of drug-likeness (QED) is 0.818. The predicted molar refractivity (Wildman–Crippen MR) is 63.1 cm³/mol. The number of nitrogens with zero attached hydrogens (tertiary/aromatic N) is 2. The highest BCUT2D eigenvalue weighted by Gasteiger charge is 2.28. The molecule has 1 aromatic rings. The average Bonchev–Trinajstić information content (AvgIpc) is 2.60. The summed E-state index contributed by atoms with van der Waals surface area (Å²) >= 11 is 5.62. The smallest absolute Gasteiger partial charge is 0.246 e. The molecule has 0 radical (unpaired) electrons.